The van der Waals surface area contributed by atoms with Crippen LogP contribution in [0.15, 0.2) is 54.6 Å². The number of carbonyl (C=O) groups excluding carboxylic acids is 3. The molecule has 0 saturated carbocycles. The van der Waals surface area contributed by atoms with Gasteiger partial charge >= 0.3 is 5.97 Å². The molecule has 2 N–H and O–H groups in total. The van der Waals surface area contributed by atoms with Gasteiger partial charge in [-0.05, 0) is 42.7 Å². The fourth-order valence-corrected chi connectivity index (χ4v) is 2.47. The highest BCUT2D eigenvalue weighted by molar-refractivity contribution is 5.96. The summed E-state index contributed by atoms with van der Waals surface area (Å²) in [4.78, 5) is 35.1. The van der Waals surface area contributed by atoms with Crippen molar-refractivity contribution in [2.75, 3.05) is 19.0 Å². The Balaban J connectivity index is 1.63. The summed E-state index contributed by atoms with van der Waals surface area (Å²) in [6, 6.07) is 16.5. The maximum atomic E-state index is 11.9. The van der Waals surface area contributed by atoms with Crippen molar-refractivity contribution in [3.63, 3.8) is 0 Å². The van der Waals surface area contributed by atoms with Crippen LogP contribution in [0.5, 0.6) is 0 Å². The summed E-state index contributed by atoms with van der Waals surface area (Å²) in [5.41, 5.74) is 2.29. The Morgan fingerprint density at radius 2 is 1.63 bits per heavy atom. The van der Waals surface area contributed by atoms with Gasteiger partial charge in [0.2, 0.25) is 5.91 Å². The summed E-state index contributed by atoms with van der Waals surface area (Å²) < 4.78 is 5.16. The van der Waals surface area contributed by atoms with E-state index in [9.17, 15) is 14.4 Å². The topological polar surface area (TPSA) is 84.5 Å². The molecule has 2 amide bonds. The van der Waals surface area contributed by atoms with Crippen molar-refractivity contribution in [3.8, 4) is 0 Å². The van der Waals surface area contributed by atoms with E-state index in [2.05, 4.69) is 10.6 Å². The molecule has 0 aliphatic carbocycles. The Hall–Kier alpha value is -3.15. The monoisotopic (exact) mass is 368 g/mol. The molecule has 2 aromatic carbocycles. The molecule has 142 valence electrons. The van der Waals surface area contributed by atoms with Gasteiger partial charge in [0.05, 0.1) is 13.0 Å². The summed E-state index contributed by atoms with van der Waals surface area (Å²) in [5.74, 6) is -0.847. The van der Waals surface area contributed by atoms with Crippen LogP contribution in [0.2, 0.25) is 0 Å². The van der Waals surface area contributed by atoms with Gasteiger partial charge in [0, 0.05) is 24.7 Å². The molecule has 0 aliphatic heterocycles. The zero-order valence-electron chi connectivity index (χ0n) is 15.4. The average Bonchev–Trinajstić information content (AvgIpc) is 2.70. The number of hydrogen-bond acceptors (Lipinski definition) is 4. The molecule has 0 bridgehead atoms. The molecule has 0 spiro atoms. The van der Waals surface area contributed by atoms with Gasteiger partial charge in [-0.2, -0.15) is 0 Å². The second kappa shape index (κ2) is 10.8. The largest absolute Gasteiger partial charge is 0.466 e. The molecule has 6 heteroatoms. The number of amides is 2. The number of anilines is 1. The summed E-state index contributed by atoms with van der Waals surface area (Å²) in [7, 11) is 1.55. The molecule has 0 heterocycles. The SMILES string of the molecule is CNC(=O)c1ccc(NC(=O)CCC(=O)OCCCc2ccccc2)cc1. The van der Waals surface area contributed by atoms with E-state index < -0.39 is 0 Å². The molecule has 0 aliphatic rings. The third kappa shape index (κ3) is 7.32. The molecule has 0 saturated heterocycles. The lowest BCUT2D eigenvalue weighted by molar-refractivity contribution is -0.144. The predicted octanol–water partition coefficient (Wildman–Crippen LogP) is 2.94. The van der Waals surface area contributed by atoms with Gasteiger partial charge in [-0.3, -0.25) is 14.4 Å². The van der Waals surface area contributed by atoms with Gasteiger partial charge in [-0.15, -0.1) is 0 Å². The van der Waals surface area contributed by atoms with Gasteiger partial charge in [-0.25, -0.2) is 0 Å². The van der Waals surface area contributed by atoms with Crippen molar-refractivity contribution in [2.24, 2.45) is 0 Å². The fraction of sp³-hybridized carbons (Fsp3) is 0.286. The molecule has 0 radical (unpaired) electrons. The highest BCUT2D eigenvalue weighted by Gasteiger charge is 2.09. The van der Waals surface area contributed by atoms with Gasteiger partial charge in [0.1, 0.15) is 0 Å². The van der Waals surface area contributed by atoms with Crippen molar-refractivity contribution >= 4 is 23.5 Å². The third-order valence-electron chi connectivity index (χ3n) is 3.93. The Morgan fingerprint density at radius 3 is 2.30 bits per heavy atom. The highest BCUT2D eigenvalue weighted by Crippen LogP contribution is 2.10. The molecular weight excluding hydrogens is 344 g/mol. The maximum Gasteiger partial charge on any atom is 0.306 e. The smallest absolute Gasteiger partial charge is 0.306 e. The van der Waals surface area contributed by atoms with E-state index in [1.807, 2.05) is 30.3 Å². The summed E-state index contributed by atoms with van der Waals surface area (Å²) in [6.45, 7) is 0.344. The van der Waals surface area contributed by atoms with Gasteiger partial charge < -0.3 is 15.4 Å². The zero-order chi connectivity index (χ0) is 19.5. The van der Waals surface area contributed by atoms with Gasteiger partial charge in [0.25, 0.3) is 5.91 Å². The minimum absolute atomic E-state index is 0.0352. The third-order valence-corrected chi connectivity index (χ3v) is 3.93. The molecule has 2 aromatic rings. The molecule has 0 atom stereocenters. The maximum absolute atomic E-state index is 11.9. The second-order valence-corrected chi connectivity index (χ2v) is 6.01. The van der Waals surface area contributed by atoms with Crippen LogP contribution >= 0.6 is 0 Å². The Labute approximate surface area is 158 Å². The lowest BCUT2D eigenvalue weighted by Gasteiger charge is -2.07. The van der Waals surface area contributed by atoms with E-state index in [1.54, 1.807) is 31.3 Å². The van der Waals surface area contributed by atoms with Crippen LogP contribution in [0.1, 0.15) is 35.2 Å². The number of hydrogen-bond donors (Lipinski definition) is 2. The van der Waals surface area contributed by atoms with Crippen LogP contribution in [0, 0.1) is 0 Å². The molecule has 0 unspecified atom stereocenters. The van der Waals surface area contributed by atoms with Crippen LogP contribution < -0.4 is 10.6 Å². The lowest BCUT2D eigenvalue weighted by Crippen LogP contribution is -2.18. The van der Waals surface area contributed by atoms with E-state index in [0.717, 1.165) is 12.8 Å². The van der Waals surface area contributed by atoms with E-state index in [4.69, 9.17) is 4.74 Å². The van der Waals surface area contributed by atoms with Crippen LogP contribution in [-0.2, 0) is 20.7 Å². The van der Waals surface area contributed by atoms with Crippen molar-refractivity contribution in [1.29, 1.82) is 0 Å². The number of benzene rings is 2. The molecule has 0 fully saturated rings. The molecule has 0 aromatic heterocycles. The first-order chi connectivity index (χ1) is 13.1. The number of ether oxygens (including phenoxy) is 1. The van der Waals surface area contributed by atoms with Gasteiger partial charge in [0.15, 0.2) is 0 Å². The molecule has 2 rings (SSSR count). The molecular formula is C21H24N2O4. The standard InChI is InChI=1S/C21H24N2O4/c1-22-21(26)17-9-11-18(12-10-17)23-19(24)13-14-20(25)27-15-5-8-16-6-3-2-4-7-16/h2-4,6-7,9-12H,5,8,13-15H2,1H3,(H,22,26)(H,23,24). The number of aryl methyl sites for hydroxylation is 1. The fourth-order valence-electron chi connectivity index (χ4n) is 2.47. The Morgan fingerprint density at radius 1 is 0.926 bits per heavy atom. The quantitative estimate of drug-likeness (QED) is 0.526. The minimum Gasteiger partial charge on any atom is -0.466 e. The van der Waals surface area contributed by atoms with Crippen LogP contribution in [0.4, 0.5) is 5.69 Å². The minimum atomic E-state index is -0.381. The normalized spacial score (nSPS) is 10.1. The average molecular weight is 368 g/mol. The second-order valence-electron chi connectivity index (χ2n) is 6.01. The summed E-state index contributed by atoms with van der Waals surface area (Å²) in [6.07, 6.45) is 1.68. The molecule has 27 heavy (non-hydrogen) atoms. The number of nitrogens with one attached hydrogen (secondary N) is 2. The van der Waals surface area contributed by atoms with Crippen LogP contribution in [0.25, 0.3) is 0 Å². The number of carbonyl (C=O) groups is 3. The van der Waals surface area contributed by atoms with Crippen molar-refractivity contribution in [2.45, 2.75) is 25.7 Å². The van der Waals surface area contributed by atoms with Gasteiger partial charge in [-0.1, -0.05) is 30.3 Å². The first kappa shape index (κ1) is 20.2. The Bertz CT molecular complexity index is 758. The number of rotatable bonds is 9. The van der Waals surface area contributed by atoms with E-state index in [-0.39, 0.29) is 30.6 Å². The van der Waals surface area contributed by atoms with Crippen molar-refractivity contribution < 1.29 is 19.1 Å². The van der Waals surface area contributed by atoms with E-state index in [0.29, 0.717) is 17.9 Å². The van der Waals surface area contributed by atoms with E-state index in [1.165, 1.54) is 5.56 Å². The first-order valence-corrected chi connectivity index (χ1v) is 8.90. The highest BCUT2D eigenvalue weighted by atomic mass is 16.5. The van der Waals surface area contributed by atoms with Crippen LogP contribution in [-0.4, -0.2) is 31.4 Å². The summed E-state index contributed by atoms with van der Waals surface area (Å²) >= 11 is 0. The van der Waals surface area contributed by atoms with E-state index >= 15 is 0 Å². The Kier molecular flexibility index (Phi) is 8.03. The van der Waals surface area contributed by atoms with Crippen molar-refractivity contribution in [3.05, 3.63) is 65.7 Å². The van der Waals surface area contributed by atoms with Crippen LogP contribution in [0.3, 0.4) is 0 Å². The lowest BCUT2D eigenvalue weighted by atomic mass is 10.1. The zero-order valence-corrected chi connectivity index (χ0v) is 15.4. The molecule has 6 nitrogen and oxygen atoms in total. The predicted molar refractivity (Wildman–Crippen MR) is 103 cm³/mol. The number of esters is 1. The summed E-state index contributed by atoms with van der Waals surface area (Å²) in [5, 5.41) is 5.22. The first-order valence-electron chi connectivity index (χ1n) is 8.90. The van der Waals surface area contributed by atoms with Crippen molar-refractivity contribution in [1.82, 2.24) is 5.32 Å².